The predicted molar refractivity (Wildman–Crippen MR) is 243 cm³/mol. The molecule has 1 aliphatic carbocycles. The summed E-state index contributed by atoms with van der Waals surface area (Å²) in [6.45, 7) is 4.48. The van der Waals surface area contributed by atoms with Crippen molar-refractivity contribution in [2.75, 3.05) is 4.90 Å². The van der Waals surface area contributed by atoms with Crippen molar-refractivity contribution in [3.05, 3.63) is 211 Å². The summed E-state index contributed by atoms with van der Waals surface area (Å²) in [4.78, 5) is 2.53. The molecule has 4 nitrogen and oxygen atoms in total. The highest BCUT2D eigenvalue weighted by molar-refractivity contribution is 6.22. The van der Waals surface area contributed by atoms with Gasteiger partial charge in [-0.25, -0.2) is 0 Å². The molecule has 58 heavy (non-hydrogen) atoms. The number of nitrogens with zero attached hydrogens (tertiary/aromatic N) is 4. The lowest BCUT2D eigenvalue weighted by Crippen LogP contribution is -2.28. The molecule has 12 rings (SSSR count). The van der Waals surface area contributed by atoms with Gasteiger partial charge in [-0.15, -0.1) is 0 Å². The van der Waals surface area contributed by atoms with E-state index in [4.69, 9.17) is 0 Å². The van der Waals surface area contributed by atoms with Crippen LogP contribution in [-0.2, 0) is 0 Å². The Morgan fingerprint density at radius 3 is 1.88 bits per heavy atom. The summed E-state index contributed by atoms with van der Waals surface area (Å²) in [5.74, 6) is 0.325. The lowest BCUT2D eigenvalue weighted by molar-refractivity contribution is 0.744. The van der Waals surface area contributed by atoms with Gasteiger partial charge in [0.2, 0.25) is 0 Å². The molecule has 2 unspecified atom stereocenters. The molecule has 1 aliphatic heterocycles. The Balaban J connectivity index is 1.14. The summed E-state index contributed by atoms with van der Waals surface area (Å²) in [5.41, 5.74) is 17.0. The highest BCUT2D eigenvalue weighted by Gasteiger charge is 2.37. The number of allylic oxidation sites excluding steroid dienone is 2. The van der Waals surface area contributed by atoms with Crippen LogP contribution in [0.15, 0.2) is 194 Å². The van der Waals surface area contributed by atoms with E-state index < -0.39 is 0 Å². The van der Waals surface area contributed by atoms with Crippen molar-refractivity contribution in [3.8, 4) is 28.2 Å². The van der Waals surface area contributed by atoms with Crippen LogP contribution in [-0.4, -0.2) is 19.7 Å². The fourth-order valence-electron chi connectivity index (χ4n) is 10.2. The van der Waals surface area contributed by atoms with Gasteiger partial charge in [0.1, 0.15) is 5.65 Å². The van der Waals surface area contributed by atoms with Crippen LogP contribution in [0.4, 0.5) is 11.4 Å². The van der Waals surface area contributed by atoms with Gasteiger partial charge in [-0.05, 0) is 91.2 Å². The highest BCUT2D eigenvalue weighted by atomic mass is 15.2. The molecule has 3 aromatic heterocycles. The van der Waals surface area contributed by atoms with E-state index in [2.05, 4.69) is 227 Å². The molecule has 4 heterocycles. The molecule has 0 saturated heterocycles. The van der Waals surface area contributed by atoms with Gasteiger partial charge in [0.05, 0.1) is 22.6 Å². The van der Waals surface area contributed by atoms with Gasteiger partial charge in [0, 0.05) is 67.2 Å². The molecular formula is C54H40N4. The first kappa shape index (κ1) is 32.9. The number of anilines is 2. The van der Waals surface area contributed by atoms with Gasteiger partial charge in [-0.3, -0.25) is 9.13 Å². The van der Waals surface area contributed by atoms with E-state index in [0.29, 0.717) is 5.92 Å². The Bertz CT molecular complexity index is 3330. The Morgan fingerprint density at radius 2 is 1.09 bits per heavy atom. The third kappa shape index (κ3) is 4.63. The molecule has 0 fully saturated rings. The average Bonchev–Trinajstić information content (AvgIpc) is 3.98. The Morgan fingerprint density at radius 1 is 0.448 bits per heavy atom. The lowest BCUT2D eigenvalue weighted by Gasteiger charge is -2.29. The van der Waals surface area contributed by atoms with Gasteiger partial charge in [0.25, 0.3) is 0 Å². The first-order valence-corrected chi connectivity index (χ1v) is 20.3. The van der Waals surface area contributed by atoms with Crippen LogP contribution < -0.4 is 4.90 Å². The average molecular weight is 745 g/mol. The van der Waals surface area contributed by atoms with E-state index >= 15 is 0 Å². The summed E-state index contributed by atoms with van der Waals surface area (Å²) >= 11 is 0. The second-order valence-corrected chi connectivity index (χ2v) is 15.8. The van der Waals surface area contributed by atoms with Crippen LogP contribution in [0.2, 0.25) is 0 Å². The molecule has 0 N–H and O–H groups in total. The standard InChI is InChI=1S/C54H40N4/c1-35-17-6-7-22-41(35)52-36(2)55(37-18-4-3-5-19-37)51-34-40(31-32-46(51)52)58-50-30-15-11-26-45(50)53-44-25-10-14-29-49(44)57(54(53)58)39-21-16-20-38(33-39)56-47-27-12-8-23-42(47)43-24-9-13-28-48(43)56/h3-34,42,47H,1-2H3. The summed E-state index contributed by atoms with van der Waals surface area (Å²) in [6, 6.07) is 62.8. The second-order valence-electron chi connectivity index (χ2n) is 15.8. The smallest absolute Gasteiger partial charge is 0.131 e. The van der Waals surface area contributed by atoms with Crippen LogP contribution in [0, 0.1) is 13.8 Å². The molecule has 2 aliphatic rings. The molecule has 4 heteroatoms. The van der Waals surface area contributed by atoms with Crippen molar-refractivity contribution in [3.63, 3.8) is 0 Å². The van der Waals surface area contributed by atoms with Gasteiger partial charge < -0.3 is 9.47 Å². The first-order chi connectivity index (χ1) is 28.7. The zero-order chi connectivity index (χ0) is 38.5. The van der Waals surface area contributed by atoms with Crippen molar-refractivity contribution in [1.29, 1.82) is 0 Å². The van der Waals surface area contributed by atoms with Crippen LogP contribution in [0.5, 0.6) is 0 Å². The number of para-hydroxylation sites is 4. The lowest BCUT2D eigenvalue weighted by atomic mass is 9.91. The molecule has 0 saturated carbocycles. The Hall–Kier alpha value is -7.30. The minimum Gasteiger partial charge on any atom is -0.333 e. The molecule has 10 aromatic rings. The van der Waals surface area contributed by atoms with Crippen LogP contribution in [0.1, 0.15) is 22.7 Å². The number of aryl methyl sites for hydroxylation is 1. The molecular weight excluding hydrogens is 705 g/mol. The zero-order valence-electron chi connectivity index (χ0n) is 32.4. The number of hydrogen-bond donors (Lipinski definition) is 0. The van der Waals surface area contributed by atoms with E-state index in [1.165, 1.54) is 77.4 Å². The maximum Gasteiger partial charge on any atom is 0.131 e. The van der Waals surface area contributed by atoms with E-state index in [-0.39, 0.29) is 6.04 Å². The van der Waals surface area contributed by atoms with Gasteiger partial charge in [-0.2, -0.15) is 0 Å². The van der Waals surface area contributed by atoms with Crippen molar-refractivity contribution >= 4 is 55.1 Å². The number of hydrogen-bond acceptors (Lipinski definition) is 1. The topological polar surface area (TPSA) is 18.0 Å². The Labute approximate surface area is 337 Å². The highest BCUT2D eigenvalue weighted by Crippen LogP contribution is 2.49. The van der Waals surface area contributed by atoms with Crippen LogP contribution in [0.3, 0.4) is 0 Å². The quantitative estimate of drug-likeness (QED) is 0.172. The largest absolute Gasteiger partial charge is 0.333 e. The van der Waals surface area contributed by atoms with Gasteiger partial charge in [0.15, 0.2) is 0 Å². The third-order valence-electron chi connectivity index (χ3n) is 12.7. The van der Waals surface area contributed by atoms with Crippen molar-refractivity contribution in [2.24, 2.45) is 0 Å². The molecule has 276 valence electrons. The Kier molecular flexibility index (Phi) is 7.15. The normalized spacial score (nSPS) is 15.9. The molecule has 0 bridgehead atoms. The minimum absolute atomic E-state index is 0.228. The molecule has 2 atom stereocenters. The number of fused-ring (bicyclic) bond motifs is 9. The van der Waals surface area contributed by atoms with Crippen LogP contribution in [0.25, 0.3) is 71.9 Å². The van der Waals surface area contributed by atoms with Crippen molar-refractivity contribution in [2.45, 2.75) is 25.8 Å². The maximum absolute atomic E-state index is 2.53. The molecule has 7 aromatic carbocycles. The van der Waals surface area contributed by atoms with Crippen LogP contribution >= 0.6 is 0 Å². The molecule has 0 radical (unpaired) electrons. The predicted octanol–water partition coefficient (Wildman–Crippen LogP) is 13.7. The van der Waals surface area contributed by atoms with E-state index in [1.54, 1.807) is 0 Å². The molecule has 0 spiro atoms. The van der Waals surface area contributed by atoms with Gasteiger partial charge in [-0.1, -0.05) is 133 Å². The van der Waals surface area contributed by atoms with E-state index in [9.17, 15) is 0 Å². The third-order valence-corrected chi connectivity index (χ3v) is 12.7. The fourth-order valence-corrected chi connectivity index (χ4v) is 10.2. The van der Waals surface area contributed by atoms with Gasteiger partial charge >= 0.3 is 0 Å². The molecule has 0 amide bonds. The number of rotatable bonds is 5. The fraction of sp³-hybridized carbons (Fsp3) is 0.0741. The van der Waals surface area contributed by atoms with Crippen molar-refractivity contribution < 1.29 is 0 Å². The second kappa shape index (κ2) is 12.6. The summed E-state index contributed by atoms with van der Waals surface area (Å²) in [6.07, 6.45) is 9.09. The number of benzene rings is 7. The summed E-state index contributed by atoms with van der Waals surface area (Å²) < 4.78 is 7.44. The SMILES string of the molecule is Cc1ccccc1-c1c(C)n(-c2ccccc2)c2cc(-n3c4ccccc4c4c5ccccc5n(-c5cccc(N6c7ccccc7C7C=CC=CC76)c5)c43)ccc12. The van der Waals surface area contributed by atoms with E-state index in [0.717, 1.165) is 22.7 Å². The zero-order valence-corrected chi connectivity index (χ0v) is 32.4. The monoisotopic (exact) mass is 744 g/mol. The first-order valence-electron chi connectivity index (χ1n) is 20.3. The maximum atomic E-state index is 2.53. The number of aromatic nitrogens is 3. The van der Waals surface area contributed by atoms with Crippen molar-refractivity contribution in [1.82, 2.24) is 13.7 Å². The van der Waals surface area contributed by atoms with E-state index in [1.807, 2.05) is 0 Å². The summed E-state index contributed by atoms with van der Waals surface area (Å²) in [5, 5.41) is 5.00. The summed E-state index contributed by atoms with van der Waals surface area (Å²) in [7, 11) is 0. The minimum atomic E-state index is 0.228.